The summed E-state index contributed by atoms with van der Waals surface area (Å²) in [6, 6.07) is -4.00. The quantitative estimate of drug-likeness (QED) is 0.00966. The van der Waals surface area contributed by atoms with E-state index in [1.54, 1.807) is 20.0 Å². The van der Waals surface area contributed by atoms with Crippen molar-refractivity contribution in [3.8, 4) is 0 Å². The van der Waals surface area contributed by atoms with Crippen LogP contribution in [-0.4, -0.2) is 187 Å². The molecule has 9 atom stereocenters. The summed E-state index contributed by atoms with van der Waals surface area (Å²) >= 11 is 4.05. The summed E-state index contributed by atoms with van der Waals surface area (Å²) in [4.78, 5) is 175. The van der Waals surface area contributed by atoms with Gasteiger partial charge in [-0.15, -0.1) is 0 Å². The fraction of sp³-hybridized carbons (Fsp3) is 0.582. The lowest BCUT2D eigenvalue weighted by molar-refractivity contribution is -0.135. The van der Waals surface area contributed by atoms with Crippen LogP contribution in [0, 0.1) is 5.92 Å². The van der Waals surface area contributed by atoms with Gasteiger partial charge in [0.05, 0.1) is 13.0 Å². The number of nitrogens with zero attached hydrogens (tertiary/aromatic N) is 3. The average Bonchev–Trinajstić information content (AvgIpc) is 2.13. The number of H-pyrrole nitrogens is 1. The maximum absolute atomic E-state index is 14.1. The fourth-order valence-corrected chi connectivity index (χ4v) is 8.62. The molecule has 0 aliphatic heterocycles. The van der Waals surface area contributed by atoms with Crippen LogP contribution in [0.4, 0.5) is 0 Å². The summed E-state index contributed by atoms with van der Waals surface area (Å²) in [6.07, 6.45) is 1.26. The molecular formula is C55H93N23O12S. The van der Waals surface area contributed by atoms with Crippen molar-refractivity contribution in [1.82, 2.24) is 69.0 Å². The van der Waals surface area contributed by atoms with E-state index in [-0.39, 0.29) is 114 Å². The van der Waals surface area contributed by atoms with Gasteiger partial charge in [0.1, 0.15) is 54.4 Å². The minimum atomic E-state index is -1.41. The molecule has 0 saturated heterocycles. The van der Waals surface area contributed by atoms with Crippen LogP contribution in [0.5, 0.6) is 0 Å². The first-order valence-electron chi connectivity index (χ1n) is 29.5. The number of benzene rings is 1. The largest absolute Gasteiger partial charge is 0.370 e. The SMILES string of the molecule is CC(C)C[C@H](NC(=O)[C@H](C)NC(=O)CNC(=O)[C@H](CCCN=C(N)N)NC(=O)[C@H](CCCN=C(N)N)NC(=O)[C@@H](C)NNC(=O)[C@@H](C)NC(=O)Cc1c[nH]c2ccccc12)C(=O)N[C@H](CCCN=C(N)N)C(=O)N[C@H](CCC(N)=O)C(=O)N[C@@H](C)C(=O)NCCS. The highest BCUT2D eigenvalue weighted by molar-refractivity contribution is 7.80. The first-order valence-corrected chi connectivity index (χ1v) is 30.2. The van der Waals surface area contributed by atoms with Crippen molar-refractivity contribution in [3.05, 3.63) is 36.0 Å². The van der Waals surface area contributed by atoms with Gasteiger partial charge in [0.2, 0.25) is 65.0 Å². The van der Waals surface area contributed by atoms with Crippen molar-refractivity contribution in [1.29, 1.82) is 0 Å². The van der Waals surface area contributed by atoms with Crippen molar-refractivity contribution in [2.75, 3.05) is 38.5 Å². The van der Waals surface area contributed by atoms with E-state index in [0.717, 1.165) is 16.5 Å². The second-order valence-corrected chi connectivity index (χ2v) is 22.2. The van der Waals surface area contributed by atoms with Gasteiger partial charge in [0.15, 0.2) is 17.9 Å². The number of hydrazine groups is 1. The molecule has 0 aliphatic rings. The molecule has 12 amide bonds. The molecule has 35 nitrogen and oxygen atoms in total. The third-order valence-corrected chi connectivity index (χ3v) is 13.6. The highest BCUT2D eigenvalue weighted by atomic mass is 32.1. The number of guanidine groups is 3. The van der Waals surface area contributed by atoms with Crippen LogP contribution in [0.2, 0.25) is 0 Å². The van der Waals surface area contributed by atoms with Gasteiger partial charge in [0.25, 0.3) is 5.91 Å². The number of hydrogen-bond acceptors (Lipinski definition) is 17. The topological polar surface area (TPSA) is 584 Å². The minimum absolute atomic E-state index is 0.0125. The number of amides is 12. The van der Waals surface area contributed by atoms with E-state index in [4.69, 9.17) is 40.1 Å². The number of aromatic amines is 1. The summed E-state index contributed by atoms with van der Waals surface area (Å²) in [5.74, 6) is -9.85. The normalized spacial score (nSPS) is 13.8. The zero-order valence-electron chi connectivity index (χ0n) is 52.2. The predicted molar refractivity (Wildman–Crippen MR) is 343 cm³/mol. The number of aliphatic imine (C=N–C) groups is 3. The van der Waals surface area contributed by atoms with Gasteiger partial charge in [-0.25, -0.2) is 5.43 Å². The lowest BCUT2D eigenvalue weighted by Gasteiger charge is -2.27. The van der Waals surface area contributed by atoms with Crippen LogP contribution in [0.3, 0.4) is 0 Å². The van der Waals surface area contributed by atoms with Crippen molar-refractivity contribution < 1.29 is 57.5 Å². The lowest BCUT2D eigenvalue weighted by Crippen LogP contribution is -2.59. The molecule has 91 heavy (non-hydrogen) atoms. The van der Waals surface area contributed by atoms with Gasteiger partial charge < -0.3 is 98.3 Å². The molecule has 2 aromatic rings. The Morgan fingerprint density at radius 1 is 0.484 bits per heavy atom. The monoisotopic (exact) mass is 1300 g/mol. The highest BCUT2D eigenvalue weighted by Gasteiger charge is 2.33. The van der Waals surface area contributed by atoms with Crippen molar-refractivity contribution in [3.63, 3.8) is 0 Å². The number of rotatable bonds is 42. The molecule has 36 heteroatoms. The van der Waals surface area contributed by atoms with Gasteiger partial charge in [-0.2, -0.15) is 12.6 Å². The number of carbonyl (C=O) groups is 12. The molecule has 1 aromatic heterocycles. The van der Waals surface area contributed by atoms with Gasteiger partial charge in [-0.3, -0.25) is 77.9 Å². The Labute approximate surface area is 532 Å². The molecule has 27 N–H and O–H groups in total. The summed E-state index contributed by atoms with van der Waals surface area (Å²) < 4.78 is 0. The maximum atomic E-state index is 14.1. The Morgan fingerprint density at radius 2 is 0.923 bits per heavy atom. The van der Waals surface area contributed by atoms with Gasteiger partial charge in [0, 0.05) is 55.5 Å². The van der Waals surface area contributed by atoms with E-state index in [1.165, 1.54) is 27.7 Å². The molecule has 1 aromatic carbocycles. The third kappa shape index (κ3) is 31.0. The average molecular weight is 1300 g/mol. The van der Waals surface area contributed by atoms with Gasteiger partial charge >= 0.3 is 0 Å². The van der Waals surface area contributed by atoms with E-state index < -0.39 is 132 Å². The van der Waals surface area contributed by atoms with Gasteiger partial charge in [-0.05, 0) is 96.6 Å². The number of nitrogens with two attached hydrogens (primary N) is 7. The van der Waals surface area contributed by atoms with Crippen LogP contribution in [0.15, 0.2) is 45.4 Å². The molecule has 0 radical (unpaired) electrons. The molecule has 0 bridgehead atoms. The number of nitrogens with one attached hydrogen (secondary N) is 13. The van der Waals surface area contributed by atoms with Crippen LogP contribution in [-0.2, 0) is 64.0 Å². The van der Waals surface area contributed by atoms with E-state index >= 15 is 0 Å². The first kappa shape index (κ1) is 77.6. The Hall–Kier alpha value is -9.48. The van der Waals surface area contributed by atoms with E-state index in [9.17, 15) is 57.5 Å². The number of aromatic nitrogens is 1. The molecule has 0 saturated carbocycles. The molecule has 1 heterocycles. The smallest absolute Gasteiger partial charge is 0.256 e. The number of para-hydroxylation sites is 1. The zero-order valence-corrected chi connectivity index (χ0v) is 53.1. The van der Waals surface area contributed by atoms with Crippen LogP contribution >= 0.6 is 12.6 Å². The summed E-state index contributed by atoms with van der Waals surface area (Å²) in [6.45, 7) is 8.62. The fourth-order valence-electron chi connectivity index (χ4n) is 8.51. The van der Waals surface area contributed by atoms with Crippen molar-refractivity contribution in [2.45, 2.75) is 160 Å². The Balaban J connectivity index is 2.22. The molecule has 2 rings (SSSR count). The number of fused-ring (bicyclic) bond motifs is 1. The summed E-state index contributed by atoms with van der Waals surface area (Å²) in [5.41, 5.74) is 44.8. The van der Waals surface area contributed by atoms with E-state index in [0.29, 0.717) is 5.75 Å². The number of hydrogen-bond donors (Lipinski definition) is 21. The third-order valence-electron chi connectivity index (χ3n) is 13.3. The maximum Gasteiger partial charge on any atom is 0.256 e. The molecule has 0 fully saturated rings. The molecule has 0 unspecified atom stereocenters. The molecule has 506 valence electrons. The predicted octanol–water partition coefficient (Wildman–Crippen LogP) is -6.71. The number of thiol groups is 1. The first-order chi connectivity index (χ1) is 42.9. The number of primary amides is 1. The second-order valence-electron chi connectivity index (χ2n) is 21.7. The van der Waals surface area contributed by atoms with Crippen molar-refractivity contribution in [2.24, 2.45) is 61.0 Å². The van der Waals surface area contributed by atoms with E-state index in [2.05, 4.69) is 96.6 Å². The summed E-state index contributed by atoms with van der Waals surface area (Å²) in [7, 11) is 0. The van der Waals surface area contributed by atoms with Gasteiger partial charge in [-0.1, -0.05) is 32.0 Å². The van der Waals surface area contributed by atoms with Crippen LogP contribution < -0.4 is 104 Å². The Bertz CT molecular complexity index is 2890. The van der Waals surface area contributed by atoms with Crippen molar-refractivity contribution >= 4 is 112 Å². The van der Waals surface area contributed by atoms with E-state index in [1.807, 2.05) is 24.3 Å². The standard InChI is InChI=1S/C55H93N23O12S/c1-28(2)24-40(52(90)74-38(16-11-21-66-55(61)62)51(89)75-39(17-18-41(56)79)49(87)71-29(3)44(82)63-22-23-91)76-45(83)30(4)70-43(81)27-68-48(86)36(14-9-19-64-53(57)58)73-50(88)37(15-10-20-65-54(59)60)72-46(84)32(6)77-78-47(85)31(5)69-42(80)25-33-26-67-35-13-8-7-12-34(33)35/h7-8,12-13,26,28-32,36-40,67,77,91H,9-11,14-25,27H2,1-6H3,(H2,56,79)(H,63,82)(H,68,86)(H,69,80)(H,70,81)(H,71,87)(H,72,84)(H,73,88)(H,74,90)(H,75,89)(H,76,83)(H,78,85)(H4,57,58,64)(H4,59,60,65)(H4,61,62,66)/t29-,30-,31+,32+,36-,37-,38+,39+,40-/m0/s1. The highest BCUT2D eigenvalue weighted by Crippen LogP contribution is 2.18. The Kier molecular flexibility index (Phi) is 34.9. The zero-order chi connectivity index (χ0) is 68.3. The van der Waals surface area contributed by atoms with Crippen LogP contribution in [0.1, 0.15) is 105 Å². The Morgan fingerprint density at radius 3 is 1.44 bits per heavy atom. The summed E-state index contributed by atoms with van der Waals surface area (Å²) in [5, 5.41) is 26.3. The molecule has 0 aliphatic carbocycles. The number of carbonyl (C=O) groups excluding carboxylic acids is 12. The minimum Gasteiger partial charge on any atom is -0.370 e. The second kappa shape index (κ2) is 40.9. The lowest BCUT2D eigenvalue weighted by atomic mass is 10.0. The van der Waals surface area contributed by atoms with Crippen LogP contribution in [0.25, 0.3) is 10.9 Å². The molecule has 0 spiro atoms. The molecular weight excluding hydrogens is 1210 g/mol.